The van der Waals surface area contributed by atoms with E-state index < -0.39 is 0 Å². The third-order valence-electron chi connectivity index (χ3n) is 4.16. The zero-order valence-corrected chi connectivity index (χ0v) is 13.1. The summed E-state index contributed by atoms with van der Waals surface area (Å²) in [7, 11) is 0. The van der Waals surface area contributed by atoms with Crippen molar-refractivity contribution in [3.8, 4) is 0 Å². The maximum Gasteiger partial charge on any atom is 0.251 e. The van der Waals surface area contributed by atoms with Crippen LogP contribution in [0.5, 0.6) is 0 Å². The zero-order chi connectivity index (χ0) is 16.1. The van der Waals surface area contributed by atoms with Gasteiger partial charge in [0, 0.05) is 18.7 Å². The average Bonchev–Trinajstić information content (AvgIpc) is 3.07. The Morgan fingerprint density at radius 3 is 2.48 bits per heavy atom. The van der Waals surface area contributed by atoms with Gasteiger partial charge in [0.15, 0.2) is 0 Å². The fourth-order valence-corrected chi connectivity index (χ4v) is 2.92. The van der Waals surface area contributed by atoms with Gasteiger partial charge in [0.1, 0.15) is 5.82 Å². The Kier molecular flexibility index (Phi) is 5.03. The van der Waals surface area contributed by atoms with Gasteiger partial charge in [0.05, 0.1) is 0 Å². The molecule has 0 radical (unpaired) electrons. The zero-order valence-electron chi connectivity index (χ0n) is 13.1. The lowest BCUT2D eigenvalue weighted by atomic mass is 10.1. The number of halogens is 1. The van der Waals surface area contributed by atoms with Crippen molar-refractivity contribution in [2.75, 3.05) is 13.1 Å². The first kappa shape index (κ1) is 15.7. The predicted molar refractivity (Wildman–Crippen MR) is 88.5 cm³/mol. The van der Waals surface area contributed by atoms with Gasteiger partial charge in [-0.2, -0.15) is 0 Å². The van der Waals surface area contributed by atoms with E-state index in [9.17, 15) is 9.18 Å². The Balaban J connectivity index is 1.57. The van der Waals surface area contributed by atoms with E-state index in [2.05, 4.69) is 22.3 Å². The van der Waals surface area contributed by atoms with Gasteiger partial charge >= 0.3 is 0 Å². The first-order valence-electron chi connectivity index (χ1n) is 8.05. The summed E-state index contributed by atoms with van der Waals surface area (Å²) in [5, 5.41) is 2.88. The fourth-order valence-electron chi connectivity index (χ4n) is 2.92. The molecule has 1 aliphatic heterocycles. The quantitative estimate of drug-likeness (QED) is 0.918. The molecule has 2 aromatic carbocycles. The number of likely N-dealkylation sites (tertiary alicyclic amines) is 1. The molecule has 0 spiro atoms. The van der Waals surface area contributed by atoms with Crippen molar-refractivity contribution < 1.29 is 9.18 Å². The van der Waals surface area contributed by atoms with Gasteiger partial charge in [-0.15, -0.1) is 0 Å². The molecular formula is C19H21FN2O. The lowest BCUT2D eigenvalue weighted by Crippen LogP contribution is -2.23. The second-order valence-corrected chi connectivity index (χ2v) is 5.99. The van der Waals surface area contributed by atoms with Crippen molar-refractivity contribution in [1.82, 2.24) is 10.2 Å². The molecule has 1 aliphatic rings. The van der Waals surface area contributed by atoms with Gasteiger partial charge in [-0.1, -0.05) is 24.3 Å². The number of nitrogens with one attached hydrogen (secondary N) is 1. The molecule has 3 rings (SSSR count). The highest BCUT2D eigenvalue weighted by molar-refractivity contribution is 5.94. The van der Waals surface area contributed by atoms with Crippen LogP contribution in [-0.2, 0) is 13.1 Å². The summed E-state index contributed by atoms with van der Waals surface area (Å²) in [6.45, 7) is 3.79. The lowest BCUT2D eigenvalue weighted by molar-refractivity contribution is 0.0951. The van der Waals surface area contributed by atoms with Crippen molar-refractivity contribution in [3.63, 3.8) is 0 Å². The number of carbonyl (C=O) groups excluding carboxylic acids is 1. The second kappa shape index (κ2) is 7.38. The molecule has 23 heavy (non-hydrogen) atoms. The minimum Gasteiger partial charge on any atom is -0.348 e. The lowest BCUT2D eigenvalue weighted by Gasteiger charge is -2.15. The largest absolute Gasteiger partial charge is 0.348 e. The molecule has 1 amide bonds. The highest BCUT2D eigenvalue weighted by Gasteiger charge is 2.12. The van der Waals surface area contributed by atoms with Crippen molar-refractivity contribution in [1.29, 1.82) is 0 Å². The van der Waals surface area contributed by atoms with E-state index in [0.717, 1.165) is 12.1 Å². The Labute approximate surface area is 136 Å². The van der Waals surface area contributed by atoms with Crippen LogP contribution < -0.4 is 5.32 Å². The maximum absolute atomic E-state index is 12.9. The number of benzene rings is 2. The molecule has 0 aromatic heterocycles. The maximum atomic E-state index is 12.9. The first-order valence-corrected chi connectivity index (χ1v) is 8.05. The van der Waals surface area contributed by atoms with Crippen molar-refractivity contribution in [2.45, 2.75) is 25.9 Å². The van der Waals surface area contributed by atoms with Crippen LogP contribution in [0, 0.1) is 5.82 Å². The summed E-state index contributed by atoms with van der Waals surface area (Å²) in [4.78, 5) is 14.5. The van der Waals surface area contributed by atoms with Crippen LogP contribution in [0.1, 0.15) is 34.3 Å². The van der Waals surface area contributed by atoms with E-state index in [0.29, 0.717) is 12.1 Å². The van der Waals surface area contributed by atoms with Crippen LogP contribution >= 0.6 is 0 Å². The van der Waals surface area contributed by atoms with Crippen LogP contribution in [0.3, 0.4) is 0 Å². The molecule has 1 fully saturated rings. The number of amides is 1. The van der Waals surface area contributed by atoms with Gasteiger partial charge < -0.3 is 5.32 Å². The molecule has 0 saturated carbocycles. The fraction of sp³-hybridized carbons (Fsp3) is 0.316. The number of nitrogens with zero attached hydrogens (tertiary/aromatic N) is 1. The van der Waals surface area contributed by atoms with E-state index >= 15 is 0 Å². The van der Waals surface area contributed by atoms with Gasteiger partial charge in [-0.05, 0) is 61.3 Å². The minimum absolute atomic E-state index is 0.185. The van der Waals surface area contributed by atoms with Gasteiger partial charge in [-0.25, -0.2) is 4.39 Å². The topological polar surface area (TPSA) is 32.3 Å². The highest BCUT2D eigenvalue weighted by Crippen LogP contribution is 2.14. The summed E-state index contributed by atoms with van der Waals surface area (Å²) in [6, 6.07) is 13.9. The number of rotatable bonds is 5. The molecule has 120 valence electrons. The van der Waals surface area contributed by atoms with E-state index in [-0.39, 0.29) is 11.7 Å². The number of hydrogen-bond donors (Lipinski definition) is 1. The number of carbonyl (C=O) groups is 1. The molecule has 0 bridgehead atoms. The van der Waals surface area contributed by atoms with Gasteiger partial charge in [0.2, 0.25) is 0 Å². The molecule has 1 saturated heterocycles. The molecule has 2 aromatic rings. The van der Waals surface area contributed by atoms with Crippen LogP contribution in [-0.4, -0.2) is 23.9 Å². The standard InChI is InChI=1S/C19H21FN2O/c20-18-8-6-17(7-9-18)19(23)21-13-15-4-3-5-16(12-15)14-22-10-1-2-11-22/h3-9,12H,1-2,10-11,13-14H2,(H,21,23). The summed E-state index contributed by atoms with van der Waals surface area (Å²) in [5.41, 5.74) is 2.83. The number of hydrogen-bond acceptors (Lipinski definition) is 2. The minimum atomic E-state index is -0.337. The van der Waals surface area contributed by atoms with Crippen molar-refractivity contribution >= 4 is 5.91 Å². The van der Waals surface area contributed by atoms with Crippen LogP contribution in [0.4, 0.5) is 4.39 Å². The monoisotopic (exact) mass is 312 g/mol. The van der Waals surface area contributed by atoms with E-state index in [1.807, 2.05) is 12.1 Å². The smallest absolute Gasteiger partial charge is 0.251 e. The van der Waals surface area contributed by atoms with E-state index in [1.165, 1.54) is 55.8 Å². The molecular weight excluding hydrogens is 291 g/mol. The molecule has 0 unspecified atom stereocenters. The summed E-state index contributed by atoms with van der Waals surface area (Å²) < 4.78 is 12.9. The van der Waals surface area contributed by atoms with E-state index in [4.69, 9.17) is 0 Å². The Morgan fingerprint density at radius 1 is 1.04 bits per heavy atom. The van der Waals surface area contributed by atoms with Crippen LogP contribution in [0.2, 0.25) is 0 Å². The van der Waals surface area contributed by atoms with E-state index in [1.54, 1.807) is 0 Å². The molecule has 0 aliphatic carbocycles. The normalized spacial score (nSPS) is 14.8. The molecule has 4 heteroatoms. The molecule has 3 nitrogen and oxygen atoms in total. The average molecular weight is 312 g/mol. The van der Waals surface area contributed by atoms with Gasteiger partial charge in [-0.3, -0.25) is 9.69 Å². The Bertz CT molecular complexity index is 663. The summed E-state index contributed by atoms with van der Waals surface area (Å²) >= 11 is 0. The second-order valence-electron chi connectivity index (χ2n) is 5.99. The predicted octanol–water partition coefficient (Wildman–Crippen LogP) is 3.35. The molecule has 0 atom stereocenters. The van der Waals surface area contributed by atoms with Crippen LogP contribution in [0.25, 0.3) is 0 Å². The van der Waals surface area contributed by atoms with Crippen molar-refractivity contribution in [3.05, 3.63) is 71.0 Å². The van der Waals surface area contributed by atoms with Crippen LogP contribution in [0.15, 0.2) is 48.5 Å². The summed E-state index contributed by atoms with van der Waals surface area (Å²) in [5.74, 6) is -0.522. The molecule has 1 heterocycles. The summed E-state index contributed by atoms with van der Waals surface area (Å²) in [6.07, 6.45) is 2.57. The first-order chi connectivity index (χ1) is 11.2. The van der Waals surface area contributed by atoms with Crippen molar-refractivity contribution in [2.24, 2.45) is 0 Å². The molecule has 1 N–H and O–H groups in total. The highest BCUT2D eigenvalue weighted by atomic mass is 19.1. The Hall–Kier alpha value is -2.20. The SMILES string of the molecule is O=C(NCc1cccc(CN2CCCC2)c1)c1ccc(F)cc1. The van der Waals surface area contributed by atoms with Gasteiger partial charge in [0.25, 0.3) is 5.91 Å². The third-order valence-corrected chi connectivity index (χ3v) is 4.16. The Morgan fingerprint density at radius 2 is 1.74 bits per heavy atom. The third kappa shape index (κ3) is 4.39.